The first-order valence-corrected chi connectivity index (χ1v) is 5.71. The van der Waals surface area contributed by atoms with Gasteiger partial charge < -0.3 is 14.6 Å². The van der Waals surface area contributed by atoms with Crippen molar-refractivity contribution in [3.63, 3.8) is 0 Å². The molecule has 0 atom stereocenters. The maximum absolute atomic E-state index is 5.99. The second-order valence-corrected chi connectivity index (χ2v) is 4.12. The number of nitrogens with one attached hydrogen (secondary N) is 1. The van der Waals surface area contributed by atoms with Crippen molar-refractivity contribution in [2.45, 2.75) is 20.4 Å². The molecule has 0 saturated carbocycles. The molecule has 0 bridgehead atoms. The number of aryl methyl sites for hydroxylation is 2. The smallest absolute Gasteiger partial charge is 0.318 e. The fraction of sp³-hybridized carbons (Fsp3) is 0.364. The molecule has 18 heavy (non-hydrogen) atoms. The summed E-state index contributed by atoms with van der Waals surface area (Å²) in [6.07, 6.45) is 1.49. The van der Waals surface area contributed by atoms with E-state index in [1.165, 1.54) is 13.3 Å². The summed E-state index contributed by atoms with van der Waals surface area (Å²) >= 11 is 5.99. The van der Waals surface area contributed by atoms with Gasteiger partial charge in [-0.05, 0) is 13.8 Å². The fourth-order valence-electron chi connectivity index (χ4n) is 1.50. The van der Waals surface area contributed by atoms with E-state index >= 15 is 0 Å². The molecule has 0 aliphatic rings. The van der Waals surface area contributed by atoms with E-state index in [1.807, 2.05) is 13.8 Å². The second kappa shape index (κ2) is 5.22. The van der Waals surface area contributed by atoms with Crippen LogP contribution >= 0.6 is 11.6 Å². The molecular weight excluding hydrogens is 256 g/mol. The molecule has 0 radical (unpaired) electrons. The van der Waals surface area contributed by atoms with Gasteiger partial charge in [0.25, 0.3) is 0 Å². The summed E-state index contributed by atoms with van der Waals surface area (Å²) in [4.78, 5) is 8.02. The summed E-state index contributed by atoms with van der Waals surface area (Å²) in [6, 6.07) is 0.265. The summed E-state index contributed by atoms with van der Waals surface area (Å²) < 4.78 is 10.0. The topological polar surface area (TPSA) is 73.1 Å². The van der Waals surface area contributed by atoms with Crippen molar-refractivity contribution in [1.29, 1.82) is 0 Å². The van der Waals surface area contributed by atoms with Gasteiger partial charge >= 0.3 is 6.01 Å². The average Bonchev–Trinajstić information content (AvgIpc) is 2.68. The fourth-order valence-corrected chi connectivity index (χ4v) is 1.66. The van der Waals surface area contributed by atoms with E-state index in [2.05, 4.69) is 20.4 Å². The molecule has 2 heterocycles. The molecule has 0 fully saturated rings. The van der Waals surface area contributed by atoms with Crippen molar-refractivity contribution in [1.82, 2.24) is 15.1 Å². The zero-order valence-corrected chi connectivity index (χ0v) is 11.1. The lowest BCUT2D eigenvalue weighted by molar-refractivity contribution is 0.380. The van der Waals surface area contributed by atoms with Crippen LogP contribution in [0.25, 0.3) is 0 Å². The first-order chi connectivity index (χ1) is 8.61. The van der Waals surface area contributed by atoms with E-state index in [0.717, 1.165) is 17.0 Å². The lowest BCUT2D eigenvalue weighted by Gasteiger charge is -2.07. The minimum absolute atomic E-state index is 0.265. The molecule has 0 amide bonds. The van der Waals surface area contributed by atoms with Crippen molar-refractivity contribution in [3.8, 4) is 6.01 Å². The van der Waals surface area contributed by atoms with Crippen LogP contribution in [0.2, 0.25) is 5.02 Å². The van der Waals surface area contributed by atoms with Crippen LogP contribution in [0.15, 0.2) is 10.7 Å². The number of hydrogen-bond acceptors (Lipinski definition) is 6. The van der Waals surface area contributed by atoms with E-state index in [-0.39, 0.29) is 6.01 Å². The highest BCUT2D eigenvalue weighted by atomic mass is 35.5. The van der Waals surface area contributed by atoms with E-state index in [4.69, 9.17) is 20.9 Å². The number of halogens is 1. The molecule has 2 aromatic rings. The van der Waals surface area contributed by atoms with Gasteiger partial charge in [-0.2, -0.15) is 4.98 Å². The number of methoxy groups -OCH3 is 1. The van der Waals surface area contributed by atoms with Gasteiger partial charge in [-0.25, -0.2) is 4.98 Å². The Morgan fingerprint density at radius 1 is 1.44 bits per heavy atom. The number of ether oxygens (including phenoxy) is 1. The van der Waals surface area contributed by atoms with E-state index in [9.17, 15) is 0 Å². The first kappa shape index (κ1) is 12.6. The molecule has 0 aliphatic heterocycles. The summed E-state index contributed by atoms with van der Waals surface area (Å²) in [6.45, 7) is 4.27. The molecule has 0 aromatic carbocycles. The molecule has 2 rings (SSSR count). The van der Waals surface area contributed by atoms with Crippen LogP contribution in [0.4, 0.5) is 5.82 Å². The van der Waals surface area contributed by atoms with E-state index in [1.54, 1.807) is 0 Å². The normalized spacial score (nSPS) is 10.4. The summed E-state index contributed by atoms with van der Waals surface area (Å²) in [5, 5.41) is 7.42. The Kier molecular flexibility index (Phi) is 3.66. The van der Waals surface area contributed by atoms with Gasteiger partial charge in [0.1, 0.15) is 10.8 Å². The quantitative estimate of drug-likeness (QED) is 0.918. The SMILES string of the molecule is COc1ncc(Cl)c(NCc2c(C)noc2C)n1. The van der Waals surface area contributed by atoms with Gasteiger partial charge in [0.2, 0.25) is 0 Å². The Morgan fingerprint density at radius 2 is 2.22 bits per heavy atom. The van der Waals surface area contributed by atoms with E-state index < -0.39 is 0 Å². The standard InChI is InChI=1S/C11H13ClN4O2/c1-6-8(7(2)18-16-6)4-13-10-9(12)5-14-11(15-10)17-3/h5H,4H2,1-3H3,(H,13,14,15). The van der Waals surface area contributed by atoms with Gasteiger partial charge in [-0.1, -0.05) is 16.8 Å². The highest BCUT2D eigenvalue weighted by molar-refractivity contribution is 6.32. The number of nitrogens with zero attached hydrogens (tertiary/aromatic N) is 3. The summed E-state index contributed by atoms with van der Waals surface area (Å²) in [5.74, 6) is 1.29. The van der Waals surface area contributed by atoms with Crippen LogP contribution in [-0.2, 0) is 6.54 Å². The van der Waals surface area contributed by atoms with Gasteiger partial charge in [0.05, 0.1) is 19.0 Å². The van der Waals surface area contributed by atoms with Crippen LogP contribution < -0.4 is 10.1 Å². The number of hydrogen-bond donors (Lipinski definition) is 1. The molecule has 0 spiro atoms. The Hall–Kier alpha value is -1.82. The summed E-state index contributed by atoms with van der Waals surface area (Å²) in [5.41, 5.74) is 1.83. The lowest BCUT2D eigenvalue weighted by atomic mass is 10.2. The van der Waals surface area contributed by atoms with Crippen molar-refractivity contribution >= 4 is 17.4 Å². The zero-order valence-electron chi connectivity index (χ0n) is 10.3. The maximum Gasteiger partial charge on any atom is 0.318 e. The Morgan fingerprint density at radius 3 is 2.83 bits per heavy atom. The van der Waals surface area contributed by atoms with Gasteiger partial charge in [-0.3, -0.25) is 0 Å². The third-order valence-electron chi connectivity index (χ3n) is 2.52. The molecule has 96 valence electrons. The van der Waals surface area contributed by atoms with E-state index in [0.29, 0.717) is 17.4 Å². The minimum Gasteiger partial charge on any atom is -0.467 e. The zero-order chi connectivity index (χ0) is 13.1. The molecular formula is C11H13ClN4O2. The Bertz CT molecular complexity index is 536. The highest BCUT2D eigenvalue weighted by Gasteiger charge is 2.11. The molecule has 7 heteroatoms. The highest BCUT2D eigenvalue weighted by Crippen LogP contribution is 2.22. The number of anilines is 1. The molecule has 0 unspecified atom stereocenters. The average molecular weight is 269 g/mol. The largest absolute Gasteiger partial charge is 0.467 e. The van der Waals surface area contributed by atoms with Crippen LogP contribution in [0.1, 0.15) is 17.0 Å². The molecule has 1 N–H and O–H groups in total. The van der Waals surface area contributed by atoms with Crippen LogP contribution in [0, 0.1) is 13.8 Å². The second-order valence-electron chi connectivity index (χ2n) is 3.71. The van der Waals surface area contributed by atoms with Gasteiger partial charge in [0.15, 0.2) is 5.82 Å². The van der Waals surface area contributed by atoms with Crippen molar-refractivity contribution in [2.24, 2.45) is 0 Å². The van der Waals surface area contributed by atoms with Gasteiger partial charge in [0, 0.05) is 12.1 Å². The molecule has 0 aliphatic carbocycles. The summed E-state index contributed by atoms with van der Waals surface area (Å²) in [7, 11) is 1.50. The van der Waals surface area contributed by atoms with Crippen LogP contribution in [-0.4, -0.2) is 22.2 Å². The number of rotatable bonds is 4. The minimum atomic E-state index is 0.265. The third kappa shape index (κ3) is 2.53. The Labute approximate surface area is 109 Å². The first-order valence-electron chi connectivity index (χ1n) is 5.34. The predicted molar refractivity (Wildman–Crippen MR) is 66.9 cm³/mol. The van der Waals surface area contributed by atoms with Gasteiger partial charge in [-0.15, -0.1) is 0 Å². The maximum atomic E-state index is 5.99. The van der Waals surface area contributed by atoms with Crippen LogP contribution in [0.3, 0.4) is 0 Å². The van der Waals surface area contributed by atoms with Crippen LogP contribution in [0.5, 0.6) is 6.01 Å². The number of aromatic nitrogens is 3. The molecule has 2 aromatic heterocycles. The molecule has 6 nitrogen and oxygen atoms in total. The van der Waals surface area contributed by atoms with Crippen molar-refractivity contribution < 1.29 is 9.26 Å². The third-order valence-corrected chi connectivity index (χ3v) is 2.80. The predicted octanol–water partition coefficient (Wildman–Crippen LogP) is 2.36. The van der Waals surface area contributed by atoms with Crippen molar-refractivity contribution in [3.05, 3.63) is 28.2 Å². The van der Waals surface area contributed by atoms with Crippen molar-refractivity contribution in [2.75, 3.05) is 12.4 Å². The Balaban J connectivity index is 2.15. The monoisotopic (exact) mass is 268 g/mol. The molecule has 0 saturated heterocycles. The lowest BCUT2D eigenvalue weighted by Crippen LogP contribution is -2.05.